The van der Waals surface area contributed by atoms with E-state index >= 15 is 0 Å². The Balaban J connectivity index is 3.21. The van der Waals surface area contributed by atoms with Crippen molar-refractivity contribution >= 4 is 17.5 Å². The van der Waals surface area contributed by atoms with Gasteiger partial charge in [-0.2, -0.15) is 0 Å². The number of rotatable bonds is 3. The predicted octanol–water partition coefficient (Wildman–Crippen LogP) is 1.86. The summed E-state index contributed by atoms with van der Waals surface area (Å²) in [5.74, 6) is -0.849. The summed E-state index contributed by atoms with van der Waals surface area (Å²) in [4.78, 5) is 14.2. The van der Waals surface area contributed by atoms with Crippen LogP contribution in [0.1, 0.15) is 28.2 Å². The molecular formula is C8H7ClF2N2O. The third-order valence-electron chi connectivity index (χ3n) is 1.60. The van der Waals surface area contributed by atoms with Gasteiger partial charge in [-0.1, -0.05) is 6.07 Å². The van der Waals surface area contributed by atoms with Crippen LogP contribution in [0.15, 0.2) is 12.1 Å². The van der Waals surface area contributed by atoms with Crippen molar-refractivity contribution in [2.75, 3.05) is 0 Å². The molecule has 0 bridgehead atoms. The van der Waals surface area contributed by atoms with Gasteiger partial charge >= 0.3 is 0 Å². The molecule has 14 heavy (non-hydrogen) atoms. The van der Waals surface area contributed by atoms with Crippen LogP contribution in [0, 0.1) is 0 Å². The highest BCUT2D eigenvalue weighted by molar-refractivity contribution is 6.17. The number of aromatic nitrogens is 1. The molecule has 1 rings (SSSR count). The summed E-state index contributed by atoms with van der Waals surface area (Å²) < 4.78 is 24.4. The smallest absolute Gasteiger partial charge is 0.280 e. The van der Waals surface area contributed by atoms with Crippen molar-refractivity contribution in [3.8, 4) is 0 Å². The van der Waals surface area contributed by atoms with Crippen LogP contribution in [0.25, 0.3) is 0 Å². The minimum atomic E-state index is -2.72. The van der Waals surface area contributed by atoms with E-state index in [2.05, 4.69) is 4.98 Å². The van der Waals surface area contributed by atoms with E-state index in [4.69, 9.17) is 17.3 Å². The maximum atomic E-state index is 12.2. The highest BCUT2D eigenvalue weighted by atomic mass is 35.5. The van der Waals surface area contributed by atoms with E-state index in [0.717, 1.165) is 6.07 Å². The Hall–Kier alpha value is -1.23. The van der Waals surface area contributed by atoms with E-state index in [1.807, 2.05) is 0 Å². The normalized spacial score (nSPS) is 10.6. The number of carbonyl (C=O) groups excluding carboxylic acids is 1. The molecule has 6 heteroatoms. The first kappa shape index (κ1) is 10.8. The second kappa shape index (κ2) is 4.32. The molecule has 1 amide bonds. The summed E-state index contributed by atoms with van der Waals surface area (Å²) in [5, 5.41) is 0. The Bertz CT molecular complexity index is 357. The third-order valence-corrected chi connectivity index (χ3v) is 1.89. The van der Waals surface area contributed by atoms with E-state index in [0.29, 0.717) is 5.56 Å². The molecule has 0 fully saturated rings. The quantitative estimate of drug-likeness (QED) is 0.791. The van der Waals surface area contributed by atoms with Crippen LogP contribution in [-0.2, 0) is 5.88 Å². The van der Waals surface area contributed by atoms with Gasteiger partial charge in [0.05, 0.1) is 0 Å². The van der Waals surface area contributed by atoms with E-state index < -0.39 is 18.0 Å². The number of amides is 1. The van der Waals surface area contributed by atoms with Crippen LogP contribution in [0.5, 0.6) is 0 Å². The average Bonchev–Trinajstić information content (AvgIpc) is 2.16. The number of carbonyl (C=O) groups is 1. The zero-order valence-electron chi connectivity index (χ0n) is 7.01. The highest BCUT2D eigenvalue weighted by Gasteiger charge is 2.15. The van der Waals surface area contributed by atoms with Crippen molar-refractivity contribution < 1.29 is 13.6 Å². The van der Waals surface area contributed by atoms with Crippen molar-refractivity contribution in [1.29, 1.82) is 0 Å². The molecule has 0 radical (unpaired) electrons. The molecule has 1 aromatic heterocycles. The number of primary amides is 1. The van der Waals surface area contributed by atoms with Gasteiger partial charge in [-0.3, -0.25) is 4.79 Å². The molecule has 0 atom stereocenters. The number of hydrogen-bond acceptors (Lipinski definition) is 2. The summed E-state index contributed by atoms with van der Waals surface area (Å²) >= 11 is 5.47. The van der Waals surface area contributed by atoms with E-state index in [1.54, 1.807) is 0 Å². The minimum Gasteiger partial charge on any atom is -0.364 e. The van der Waals surface area contributed by atoms with Crippen LogP contribution >= 0.6 is 11.6 Å². The Kier molecular flexibility index (Phi) is 3.35. The first-order chi connectivity index (χ1) is 6.56. The summed E-state index contributed by atoms with van der Waals surface area (Å²) in [5.41, 5.74) is 4.63. The lowest BCUT2D eigenvalue weighted by Crippen LogP contribution is -2.16. The van der Waals surface area contributed by atoms with Gasteiger partial charge in [-0.05, 0) is 11.6 Å². The second-order valence-electron chi connectivity index (χ2n) is 2.54. The van der Waals surface area contributed by atoms with Crippen LogP contribution < -0.4 is 5.73 Å². The number of nitrogens with zero attached hydrogens (tertiary/aromatic N) is 1. The fourth-order valence-corrected chi connectivity index (χ4v) is 1.16. The van der Waals surface area contributed by atoms with Gasteiger partial charge in [0.1, 0.15) is 11.4 Å². The van der Waals surface area contributed by atoms with E-state index in [9.17, 15) is 13.6 Å². The molecule has 0 aliphatic rings. The van der Waals surface area contributed by atoms with Crippen molar-refractivity contribution in [2.45, 2.75) is 12.3 Å². The highest BCUT2D eigenvalue weighted by Crippen LogP contribution is 2.19. The lowest BCUT2D eigenvalue weighted by Gasteiger charge is -2.04. The molecule has 0 aliphatic heterocycles. The number of pyridine rings is 1. The van der Waals surface area contributed by atoms with Gasteiger partial charge in [0, 0.05) is 5.88 Å². The number of nitrogens with two attached hydrogens (primary N) is 1. The molecule has 1 heterocycles. The standard InChI is InChI=1S/C8H7ClF2N2O/c9-3-4-1-2-5(7(10)11)13-6(4)8(12)14/h1-2,7H,3H2,(H2,12,14). The lowest BCUT2D eigenvalue weighted by molar-refractivity contribution is 0.0992. The molecule has 0 unspecified atom stereocenters. The predicted molar refractivity (Wildman–Crippen MR) is 47.3 cm³/mol. The molecule has 2 N–H and O–H groups in total. The minimum absolute atomic E-state index is 0.00872. The van der Waals surface area contributed by atoms with E-state index in [1.165, 1.54) is 6.07 Å². The first-order valence-electron chi connectivity index (χ1n) is 3.70. The SMILES string of the molecule is NC(=O)c1nc(C(F)F)ccc1CCl. The maximum absolute atomic E-state index is 12.2. The molecule has 0 spiro atoms. The van der Waals surface area contributed by atoms with Crippen molar-refractivity contribution in [3.05, 3.63) is 29.1 Å². The fourth-order valence-electron chi connectivity index (χ4n) is 0.946. The fraction of sp³-hybridized carbons (Fsp3) is 0.250. The summed E-state index contributed by atoms with van der Waals surface area (Å²) in [6.07, 6.45) is -2.72. The van der Waals surface area contributed by atoms with E-state index in [-0.39, 0.29) is 11.6 Å². The lowest BCUT2D eigenvalue weighted by atomic mass is 10.2. The summed E-state index contributed by atoms with van der Waals surface area (Å²) in [7, 11) is 0. The van der Waals surface area contributed by atoms with Crippen molar-refractivity contribution in [1.82, 2.24) is 4.98 Å². The Morgan fingerprint density at radius 2 is 2.21 bits per heavy atom. The zero-order valence-corrected chi connectivity index (χ0v) is 7.76. The van der Waals surface area contributed by atoms with Gasteiger partial charge in [0.15, 0.2) is 0 Å². The van der Waals surface area contributed by atoms with Gasteiger partial charge in [0.2, 0.25) is 0 Å². The van der Waals surface area contributed by atoms with Crippen LogP contribution in [0.2, 0.25) is 0 Å². The van der Waals surface area contributed by atoms with Gasteiger partial charge in [-0.25, -0.2) is 13.8 Å². The monoisotopic (exact) mass is 220 g/mol. The summed E-state index contributed by atoms with van der Waals surface area (Å²) in [6, 6.07) is 2.44. The van der Waals surface area contributed by atoms with Crippen LogP contribution in [-0.4, -0.2) is 10.9 Å². The molecule has 0 saturated carbocycles. The largest absolute Gasteiger partial charge is 0.364 e. The van der Waals surface area contributed by atoms with Crippen molar-refractivity contribution in [3.63, 3.8) is 0 Å². The molecule has 1 aromatic rings. The Labute approximate surface area is 83.9 Å². The third kappa shape index (κ3) is 2.17. The zero-order chi connectivity index (χ0) is 10.7. The number of hydrogen-bond donors (Lipinski definition) is 1. The number of halogens is 3. The number of alkyl halides is 3. The first-order valence-corrected chi connectivity index (χ1v) is 4.23. The maximum Gasteiger partial charge on any atom is 0.280 e. The van der Waals surface area contributed by atoms with Crippen LogP contribution in [0.4, 0.5) is 8.78 Å². The molecule has 3 nitrogen and oxygen atoms in total. The van der Waals surface area contributed by atoms with Gasteiger partial charge < -0.3 is 5.73 Å². The van der Waals surface area contributed by atoms with Gasteiger partial charge in [-0.15, -0.1) is 11.6 Å². The Morgan fingerprint density at radius 1 is 1.57 bits per heavy atom. The molecule has 0 saturated heterocycles. The topological polar surface area (TPSA) is 56.0 Å². The summed E-state index contributed by atoms with van der Waals surface area (Å²) in [6.45, 7) is 0. The Morgan fingerprint density at radius 3 is 2.64 bits per heavy atom. The second-order valence-corrected chi connectivity index (χ2v) is 2.81. The molecule has 76 valence electrons. The molecule has 0 aromatic carbocycles. The van der Waals surface area contributed by atoms with Crippen LogP contribution in [0.3, 0.4) is 0 Å². The molecular weight excluding hydrogens is 214 g/mol. The molecule has 0 aliphatic carbocycles. The average molecular weight is 221 g/mol. The van der Waals surface area contributed by atoms with Gasteiger partial charge in [0.25, 0.3) is 12.3 Å². The van der Waals surface area contributed by atoms with Crippen molar-refractivity contribution in [2.24, 2.45) is 5.73 Å².